The molecule has 4 rings (SSSR count). The zero-order valence-corrected chi connectivity index (χ0v) is 15.8. The van der Waals surface area contributed by atoms with Gasteiger partial charge in [0.15, 0.2) is 0 Å². The Bertz CT molecular complexity index is 918. The second kappa shape index (κ2) is 7.87. The highest BCUT2D eigenvalue weighted by Gasteiger charge is 2.22. The van der Waals surface area contributed by atoms with Crippen LogP contribution in [0, 0.1) is 12.8 Å². The van der Waals surface area contributed by atoms with Crippen LogP contribution in [0.15, 0.2) is 35.1 Å². The van der Waals surface area contributed by atoms with Crippen molar-refractivity contribution in [2.45, 2.75) is 32.6 Å². The number of aryl methyl sites for hydroxylation is 2. The lowest BCUT2D eigenvalue weighted by atomic mass is 10.1. The monoisotopic (exact) mass is 384 g/mol. The van der Waals surface area contributed by atoms with Gasteiger partial charge in [0.1, 0.15) is 11.5 Å². The van der Waals surface area contributed by atoms with E-state index >= 15 is 0 Å². The first-order valence-electron chi connectivity index (χ1n) is 8.96. The summed E-state index contributed by atoms with van der Waals surface area (Å²) in [6.45, 7) is 2.59. The summed E-state index contributed by atoms with van der Waals surface area (Å²) < 4.78 is 10.7. The average Bonchev–Trinajstić information content (AvgIpc) is 3.30. The van der Waals surface area contributed by atoms with Gasteiger partial charge in [-0.2, -0.15) is 0 Å². The standard InChI is InChI=1S/C19H20N4O3S/c1-12-14(18(23-26-12)15-4-2-3-9-20-15)7-8-16-21-11-17(27-16)25-19(24)22-10-13-5-6-13/h2-4,9,11,13H,5-8,10H2,1H3,(H,22,24). The van der Waals surface area contributed by atoms with E-state index in [0.717, 1.165) is 34.1 Å². The zero-order valence-electron chi connectivity index (χ0n) is 15.0. The van der Waals surface area contributed by atoms with Gasteiger partial charge in [0, 0.05) is 24.7 Å². The fourth-order valence-corrected chi connectivity index (χ4v) is 3.52. The molecule has 1 aliphatic carbocycles. The van der Waals surface area contributed by atoms with Crippen molar-refractivity contribution >= 4 is 17.4 Å². The number of carbonyl (C=O) groups is 1. The van der Waals surface area contributed by atoms with Gasteiger partial charge in [0.05, 0.1) is 16.9 Å². The number of nitrogens with one attached hydrogen (secondary N) is 1. The van der Waals surface area contributed by atoms with E-state index in [1.807, 2.05) is 25.1 Å². The van der Waals surface area contributed by atoms with Gasteiger partial charge in [-0.3, -0.25) is 4.98 Å². The van der Waals surface area contributed by atoms with Crippen molar-refractivity contribution < 1.29 is 14.1 Å². The van der Waals surface area contributed by atoms with Crippen LogP contribution in [0.2, 0.25) is 0 Å². The van der Waals surface area contributed by atoms with Gasteiger partial charge in [-0.25, -0.2) is 9.78 Å². The fraction of sp³-hybridized carbons (Fsp3) is 0.368. The number of ether oxygens (including phenoxy) is 1. The van der Waals surface area contributed by atoms with Crippen LogP contribution in [0.5, 0.6) is 5.06 Å². The molecule has 1 amide bonds. The molecule has 7 nitrogen and oxygen atoms in total. The quantitative estimate of drug-likeness (QED) is 0.667. The molecule has 1 aliphatic rings. The maximum absolute atomic E-state index is 11.8. The maximum atomic E-state index is 11.8. The first-order chi connectivity index (χ1) is 13.2. The average molecular weight is 384 g/mol. The summed E-state index contributed by atoms with van der Waals surface area (Å²) in [5.74, 6) is 1.40. The van der Waals surface area contributed by atoms with Crippen molar-refractivity contribution in [1.82, 2.24) is 20.4 Å². The van der Waals surface area contributed by atoms with E-state index < -0.39 is 6.09 Å². The highest BCUT2D eigenvalue weighted by molar-refractivity contribution is 7.13. The molecule has 3 aromatic rings. The van der Waals surface area contributed by atoms with Gasteiger partial charge in [-0.05, 0) is 44.2 Å². The van der Waals surface area contributed by atoms with Gasteiger partial charge >= 0.3 is 6.09 Å². The van der Waals surface area contributed by atoms with E-state index in [1.165, 1.54) is 24.2 Å². The zero-order chi connectivity index (χ0) is 18.6. The van der Waals surface area contributed by atoms with Crippen LogP contribution < -0.4 is 10.1 Å². The largest absolute Gasteiger partial charge is 0.413 e. The van der Waals surface area contributed by atoms with Crippen LogP contribution in [-0.2, 0) is 12.8 Å². The van der Waals surface area contributed by atoms with Crippen LogP contribution in [0.1, 0.15) is 29.2 Å². The molecule has 27 heavy (non-hydrogen) atoms. The Labute approximate surface area is 160 Å². The Morgan fingerprint density at radius 2 is 2.22 bits per heavy atom. The van der Waals surface area contributed by atoms with E-state index in [4.69, 9.17) is 9.26 Å². The minimum atomic E-state index is -0.413. The number of hydrogen-bond acceptors (Lipinski definition) is 7. The highest BCUT2D eigenvalue weighted by atomic mass is 32.1. The Balaban J connectivity index is 1.36. The molecule has 3 aromatic heterocycles. The van der Waals surface area contributed by atoms with Gasteiger partial charge in [-0.15, -0.1) is 0 Å². The van der Waals surface area contributed by atoms with Crippen molar-refractivity contribution in [3.63, 3.8) is 0 Å². The van der Waals surface area contributed by atoms with Crippen molar-refractivity contribution in [2.75, 3.05) is 6.54 Å². The third-order valence-electron chi connectivity index (χ3n) is 4.44. The first kappa shape index (κ1) is 17.7. The van der Waals surface area contributed by atoms with Crippen LogP contribution in [0.3, 0.4) is 0 Å². The summed E-state index contributed by atoms with van der Waals surface area (Å²) in [4.78, 5) is 20.5. The first-order valence-corrected chi connectivity index (χ1v) is 9.77. The Hall–Kier alpha value is -2.74. The Morgan fingerprint density at radius 3 is 3.00 bits per heavy atom. The Kier molecular flexibility index (Phi) is 5.15. The molecular weight excluding hydrogens is 364 g/mol. The molecule has 0 atom stereocenters. The highest BCUT2D eigenvalue weighted by Crippen LogP contribution is 2.28. The molecular formula is C19H20N4O3S. The number of carbonyl (C=O) groups excluding carboxylic acids is 1. The molecule has 0 bridgehead atoms. The van der Waals surface area contributed by atoms with Crippen molar-refractivity contribution in [1.29, 1.82) is 0 Å². The van der Waals surface area contributed by atoms with E-state index in [9.17, 15) is 4.79 Å². The topological polar surface area (TPSA) is 90.1 Å². The number of thiazole rings is 1. The van der Waals surface area contributed by atoms with E-state index in [2.05, 4.69) is 20.4 Å². The lowest BCUT2D eigenvalue weighted by molar-refractivity contribution is 0.201. The second-order valence-electron chi connectivity index (χ2n) is 6.57. The number of hydrogen-bond donors (Lipinski definition) is 1. The van der Waals surface area contributed by atoms with Crippen LogP contribution in [-0.4, -0.2) is 27.8 Å². The molecule has 0 aliphatic heterocycles. The van der Waals surface area contributed by atoms with Crippen LogP contribution in [0.25, 0.3) is 11.4 Å². The van der Waals surface area contributed by atoms with Gasteiger partial charge in [0.25, 0.3) is 0 Å². The molecule has 0 unspecified atom stereocenters. The molecule has 0 aromatic carbocycles. The number of rotatable bonds is 7. The summed E-state index contributed by atoms with van der Waals surface area (Å²) in [6, 6.07) is 5.71. The van der Waals surface area contributed by atoms with Crippen LogP contribution in [0.4, 0.5) is 4.79 Å². The smallest absolute Gasteiger partial charge is 0.397 e. The summed E-state index contributed by atoms with van der Waals surface area (Å²) in [6.07, 6.45) is 6.73. The third kappa shape index (κ3) is 4.51. The molecule has 0 saturated heterocycles. The van der Waals surface area contributed by atoms with Crippen molar-refractivity contribution in [3.8, 4) is 16.5 Å². The van der Waals surface area contributed by atoms with E-state index in [0.29, 0.717) is 23.9 Å². The lowest BCUT2D eigenvalue weighted by Gasteiger charge is -2.02. The van der Waals surface area contributed by atoms with E-state index in [1.54, 1.807) is 12.4 Å². The molecule has 0 radical (unpaired) electrons. The molecule has 8 heteroatoms. The second-order valence-corrected chi connectivity index (χ2v) is 7.65. The SMILES string of the molecule is Cc1onc(-c2ccccn2)c1CCc1ncc(OC(=O)NCC2CC2)s1. The molecule has 1 N–H and O–H groups in total. The van der Waals surface area contributed by atoms with Gasteiger partial charge in [-0.1, -0.05) is 22.6 Å². The summed E-state index contributed by atoms with van der Waals surface area (Å²) in [5, 5.41) is 8.33. The van der Waals surface area contributed by atoms with Gasteiger partial charge < -0.3 is 14.6 Å². The predicted octanol–water partition coefficient (Wildman–Crippen LogP) is 3.79. The molecule has 1 saturated carbocycles. The molecule has 1 fully saturated rings. The lowest BCUT2D eigenvalue weighted by Crippen LogP contribution is -2.28. The molecule has 3 heterocycles. The maximum Gasteiger partial charge on any atom is 0.413 e. The summed E-state index contributed by atoms with van der Waals surface area (Å²) >= 11 is 1.38. The van der Waals surface area contributed by atoms with Gasteiger partial charge in [0.2, 0.25) is 5.06 Å². The molecule has 140 valence electrons. The predicted molar refractivity (Wildman–Crippen MR) is 101 cm³/mol. The normalized spacial score (nSPS) is 13.5. The van der Waals surface area contributed by atoms with Crippen molar-refractivity contribution in [2.24, 2.45) is 5.92 Å². The van der Waals surface area contributed by atoms with Crippen LogP contribution >= 0.6 is 11.3 Å². The number of pyridine rings is 1. The van der Waals surface area contributed by atoms with E-state index in [-0.39, 0.29) is 0 Å². The fourth-order valence-electron chi connectivity index (χ4n) is 2.75. The third-order valence-corrected chi connectivity index (χ3v) is 5.37. The van der Waals surface area contributed by atoms with Crippen molar-refractivity contribution in [3.05, 3.63) is 46.9 Å². The minimum absolute atomic E-state index is 0.413. The number of aromatic nitrogens is 3. The summed E-state index contributed by atoms with van der Waals surface area (Å²) in [5.41, 5.74) is 2.58. The minimum Gasteiger partial charge on any atom is -0.397 e. The molecule has 0 spiro atoms. The summed E-state index contributed by atoms with van der Waals surface area (Å²) in [7, 11) is 0. The number of nitrogens with zero attached hydrogens (tertiary/aromatic N) is 3. The number of amides is 1. The Morgan fingerprint density at radius 1 is 1.33 bits per heavy atom.